The summed E-state index contributed by atoms with van der Waals surface area (Å²) in [6.45, 7) is 5.12. The predicted molar refractivity (Wildman–Crippen MR) is 90.0 cm³/mol. The Hall–Kier alpha value is -0.800. The van der Waals surface area contributed by atoms with Gasteiger partial charge in [-0.3, -0.25) is 4.68 Å². The predicted octanol–water partition coefficient (Wildman–Crippen LogP) is 4.14. The first-order chi connectivity index (χ1) is 10.2. The van der Waals surface area contributed by atoms with Crippen molar-refractivity contribution in [1.82, 2.24) is 15.1 Å². The molecule has 3 nitrogen and oxygen atoms in total. The molecule has 1 unspecified atom stereocenters. The largest absolute Gasteiger partial charge is 0.316 e. The Balaban J connectivity index is 2.10. The fourth-order valence-electron chi connectivity index (χ4n) is 3.13. The maximum atomic E-state index is 6.53. The molecule has 0 aliphatic heterocycles. The van der Waals surface area contributed by atoms with Crippen molar-refractivity contribution in [3.05, 3.63) is 28.1 Å². The number of aryl methyl sites for hydroxylation is 2. The van der Waals surface area contributed by atoms with Gasteiger partial charge in [0.05, 0.1) is 16.4 Å². The Kier molecular flexibility index (Phi) is 6.31. The van der Waals surface area contributed by atoms with E-state index >= 15 is 0 Å². The van der Waals surface area contributed by atoms with Crippen molar-refractivity contribution in [3.8, 4) is 0 Å². The maximum Gasteiger partial charge on any atom is 0.0850 e. The monoisotopic (exact) mass is 309 g/mol. The van der Waals surface area contributed by atoms with E-state index in [1.165, 1.54) is 31.4 Å². The molecule has 1 aliphatic carbocycles. The number of nitrogens with zero attached hydrogens (tertiary/aromatic N) is 2. The van der Waals surface area contributed by atoms with Gasteiger partial charge in [0, 0.05) is 19.0 Å². The molecule has 4 heteroatoms. The van der Waals surface area contributed by atoms with Gasteiger partial charge in [-0.05, 0) is 52.5 Å². The summed E-state index contributed by atoms with van der Waals surface area (Å²) >= 11 is 6.53. The molecule has 0 bridgehead atoms. The first-order valence-corrected chi connectivity index (χ1v) is 8.66. The van der Waals surface area contributed by atoms with Gasteiger partial charge in [-0.1, -0.05) is 30.2 Å². The number of rotatable bonds is 7. The van der Waals surface area contributed by atoms with Crippen molar-refractivity contribution in [2.45, 2.75) is 71.4 Å². The molecule has 21 heavy (non-hydrogen) atoms. The molecule has 1 heterocycles. The zero-order valence-corrected chi connectivity index (χ0v) is 14.3. The number of hydrogen-bond donors (Lipinski definition) is 1. The highest BCUT2D eigenvalue weighted by atomic mass is 35.5. The zero-order chi connectivity index (χ0) is 15.2. The van der Waals surface area contributed by atoms with Crippen LogP contribution in [0.4, 0.5) is 0 Å². The molecule has 1 aromatic heterocycles. The SMILES string of the molecule is CCc1nn(CC)c(CC(CC2=CCCCC2)NC)c1Cl. The van der Waals surface area contributed by atoms with Gasteiger partial charge in [0.2, 0.25) is 0 Å². The van der Waals surface area contributed by atoms with Crippen molar-refractivity contribution in [2.24, 2.45) is 0 Å². The van der Waals surface area contributed by atoms with E-state index in [4.69, 9.17) is 11.6 Å². The van der Waals surface area contributed by atoms with Crippen LogP contribution in [0.3, 0.4) is 0 Å². The molecule has 1 atom stereocenters. The molecule has 1 aromatic rings. The Morgan fingerprint density at radius 3 is 2.71 bits per heavy atom. The summed E-state index contributed by atoms with van der Waals surface area (Å²) in [5.74, 6) is 0. The molecule has 0 radical (unpaired) electrons. The number of allylic oxidation sites excluding steroid dienone is 1. The Morgan fingerprint density at radius 1 is 1.33 bits per heavy atom. The highest BCUT2D eigenvalue weighted by Gasteiger charge is 2.19. The van der Waals surface area contributed by atoms with Crippen LogP contribution in [0, 0.1) is 0 Å². The Bertz CT molecular complexity index is 490. The fourth-order valence-corrected chi connectivity index (χ4v) is 3.47. The molecule has 1 aliphatic rings. The molecule has 118 valence electrons. The van der Waals surface area contributed by atoms with Crippen molar-refractivity contribution in [3.63, 3.8) is 0 Å². The standard InChI is InChI=1S/C17H28ClN3/c1-4-15-17(18)16(21(5-2)20-15)12-14(19-3)11-13-9-7-6-8-10-13/h9,14,19H,4-8,10-12H2,1-3H3. The van der Waals surface area contributed by atoms with Gasteiger partial charge >= 0.3 is 0 Å². The summed E-state index contributed by atoms with van der Waals surface area (Å²) in [5, 5.41) is 8.96. The highest BCUT2D eigenvalue weighted by molar-refractivity contribution is 6.31. The average molecular weight is 310 g/mol. The van der Waals surface area contributed by atoms with Crippen LogP contribution in [0.1, 0.15) is 57.3 Å². The third-order valence-corrected chi connectivity index (χ3v) is 4.87. The van der Waals surface area contributed by atoms with Crippen LogP contribution in [-0.2, 0) is 19.4 Å². The second kappa shape index (κ2) is 8.00. The zero-order valence-electron chi connectivity index (χ0n) is 13.6. The molecule has 0 aromatic carbocycles. The molecular weight excluding hydrogens is 282 g/mol. The number of aromatic nitrogens is 2. The molecule has 0 spiro atoms. The van der Waals surface area contributed by atoms with E-state index in [1.807, 2.05) is 0 Å². The van der Waals surface area contributed by atoms with Gasteiger partial charge in [-0.15, -0.1) is 0 Å². The summed E-state index contributed by atoms with van der Waals surface area (Å²) in [6, 6.07) is 0.443. The molecule has 2 rings (SSSR count). The third kappa shape index (κ3) is 4.10. The molecule has 0 amide bonds. The van der Waals surface area contributed by atoms with Crippen LogP contribution in [0.5, 0.6) is 0 Å². The van der Waals surface area contributed by atoms with E-state index in [2.05, 4.69) is 42.1 Å². The Labute approximate surface area is 133 Å². The second-order valence-corrected chi connectivity index (χ2v) is 6.26. The van der Waals surface area contributed by atoms with Crippen molar-refractivity contribution in [1.29, 1.82) is 0 Å². The summed E-state index contributed by atoms with van der Waals surface area (Å²) in [6.07, 6.45) is 10.6. The topological polar surface area (TPSA) is 29.9 Å². The lowest BCUT2D eigenvalue weighted by molar-refractivity contribution is 0.505. The van der Waals surface area contributed by atoms with E-state index in [-0.39, 0.29) is 0 Å². The van der Waals surface area contributed by atoms with E-state index < -0.39 is 0 Å². The third-order valence-electron chi connectivity index (χ3n) is 4.44. The Morgan fingerprint density at radius 2 is 2.14 bits per heavy atom. The lowest BCUT2D eigenvalue weighted by Crippen LogP contribution is -2.29. The van der Waals surface area contributed by atoms with Crippen LogP contribution >= 0.6 is 11.6 Å². The minimum Gasteiger partial charge on any atom is -0.316 e. The molecule has 0 saturated heterocycles. The van der Waals surface area contributed by atoms with Gasteiger partial charge in [-0.2, -0.15) is 5.10 Å². The number of likely N-dealkylation sites (N-methyl/N-ethyl adjacent to an activating group) is 1. The molecular formula is C17H28ClN3. The minimum absolute atomic E-state index is 0.443. The summed E-state index contributed by atoms with van der Waals surface area (Å²) in [7, 11) is 2.05. The fraction of sp³-hybridized carbons (Fsp3) is 0.706. The highest BCUT2D eigenvalue weighted by Crippen LogP contribution is 2.26. The molecule has 0 fully saturated rings. The van der Waals surface area contributed by atoms with E-state index in [0.29, 0.717) is 6.04 Å². The molecule has 0 saturated carbocycles. The van der Waals surface area contributed by atoms with Crippen LogP contribution in [0.2, 0.25) is 5.02 Å². The van der Waals surface area contributed by atoms with Gasteiger partial charge in [-0.25, -0.2) is 0 Å². The van der Waals surface area contributed by atoms with Crippen molar-refractivity contribution in [2.75, 3.05) is 7.05 Å². The number of halogens is 1. The first-order valence-electron chi connectivity index (χ1n) is 8.28. The number of hydrogen-bond acceptors (Lipinski definition) is 2. The lowest BCUT2D eigenvalue weighted by Gasteiger charge is -2.21. The van der Waals surface area contributed by atoms with Crippen LogP contribution in [-0.4, -0.2) is 22.9 Å². The lowest BCUT2D eigenvalue weighted by atomic mass is 9.92. The normalized spacial score (nSPS) is 16.9. The number of nitrogens with one attached hydrogen (secondary N) is 1. The van der Waals surface area contributed by atoms with E-state index in [9.17, 15) is 0 Å². The summed E-state index contributed by atoms with van der Waals surface area (Å²) in [5.41, 5.74) is 3.82. The van der Waals surface area contributed by atoms with Crippen molar-refractivity contribution < 1.29 is 0 Å². The van der Waals surface area contributed by atoms with Crippen LogP contribution in [0.15, 0.2) is 11.6 Å². The van der Waals surface area contributed by atoms with Gasteiger partial charge in [0.15, 0.2) is 0 Å². The molecule has 1 N–H and O–H groups in total. The average Bonchev–Trinajstić information content (AvgIpc) is 2.83. The van der Waals surface area contributed by atoms with E-state index in [0.717, 1.165) is 36.5 Å². The van der Waals surface area contributed by atoms with Crippen molar-refractivity contribution >= 4 is 11.6 Å². The second-order valence-electron chi connectivity index (χ2n) is 5.88. The first kappa shape index (κ1) is 16.6. The van der Waals surface area contributed by atoms with Gasteiger partial charge in [0.1, 0.15) is 0 Å². The minimum atomic E-state index is 0.443. The summed E-state index contributed by atoms with van der Waals surface area (Å²) in [4.78, 5) is 0. The smallest absolute Gasteiger partial charge is 0.0850 e. The maximum absolute atomic E-state index is 6.53. The summed E-state index contributed by atoms with van der Waals surface area (Å²) < 4.78 is 2.07. The van der Waals surface area contributed by atoms with Gasteiger partial charge < -0.3 is 5.32 Å². The van der Waals surface area contributed by atoms with E-state index in [1.54, 1.807) is 5.57 Å². The van der Waals surface area contributed by atoms with Crippen LogP contribution < -0.4 is 5.32 Å². The van der Waals surface area contributed by atoms with Gasteiger partial charge in [0.25, 0.3) is 0 Å². The quantitative estimate of drug-likeness (QED) is 0.767. The van der Waals surface area contributed by atoms with Crippen LogP contribution in [0.25, 0.3) is 0 Å².